The van der Waals surface area contributed by atoms with Gasteiger partial charge in [0.2, 0.25) is 5.91 Å². The van der Waals surface area contributed by atoms with Gasteiger partial charge in [-0.1, -0.05) is 18.7 Å². The van der Waals surface area contributed by atoms with E-state index in [9.17, 15) is 9.59 Å². The van der Waals surface area contributed by atoms with Gasteiger partial charge in [-0.3, -0.25) is 14.2 Å². The number of thioether (sulfide) groups is 2. The average Bonchev–Trinajstić information content (AvgIpc) is 2.99. The monoisotopic (exact) mass is 391 g/mol. The second-order valence-corrected chi connectivity index (χ2v) is 8.35. The normalized spacial score (nSPS) is 15.6. The summed E-state index contributed by atoms with van der Waals surface area (Å²) in [5.74, 6) is 0.815. The van der Waals surface area contributed by atoms with Crippen LogP contribution in [0.3, 0.4) is 0 Å². The number of carbonyl (C=O) groups is 1. The maximum atomic E-state index is 12.4. The molecule has 0 spiro atoms. The first kappa shape index (κ1) is 18.8. The van der Waals surface area contributed by atoms with Gasteiger partial charge in [0.15, 0.2) is 5.16 Å². The van der Waals surface area contributed by atoms with E-state index in [1.807, 2.05) is 19.1 Å². The summed E-state index contributed by atoms with van der Waals surface area (Å²) >= 11 is 2.85. The Morgan fingerprint density at radius 2 is 2.15 bits per heavy atom. The van der Waals surface area contributed by atoms with E-state index in [-0.39, 0.29) is 17.2 Å². The van der Waals surface area contributed by atoms with Crippen molar-refractivity contribution in [3.63, 3.8) is 0 Å². The molecule has 0 radical (unpaired) electrons. The highest BCUT2D eigenvalue weighted by atomic mass is 32.2. The number of ether oxygens (including phenoxy) is 1. The van der Waals surface area contributed by atoms with E-state index in [0.29, 0.717) is 22.7 Å². The quantitative estimate of drug-likeness (QED) is 0.603. The molecule has 0 saturated heterocycles. The maximum absolute atomic E-state index is 12.4. The van der Waals surface area contributed by atoms with Crippen molar-refractivity contribution in [2.75, 3.05) is 17.7 Å². The Morgan fingerprint density at radius 1 is 1.42 bits per heavy atom. The lowest BCUT2D eigenvalue weighted by molar-refractivity contribution is -0.113. The van der Waals surface area contributed by atoms with Crippen LogP contribution in [0.1, 0.15) is 19.5 Å². The SMILES string of the molecule is CCOc1ccc(NC(=O)CSc2nc3c(c(=O)n2C)S[C@H](C)C3)cc1. The van der Waals surface area contributed by atoms with Crippen molar-refractivity contribution in [2.24, 2.45) is 7.05 Å². The topological polar surface area (TPSA) is 73.2 Å². The molecule has 2 aromatic rings. The molecule has 1 aliphatic rings. The minimum absolute atomic E-state index is 0.0289. The third-order valence-electron chi connectivity index (χ3n) is 3.86. The van der Waals surface area contributed by atoms with Crippen molar-refractivity contribution >= 4 is 35.1 Å². The van der Waals surface area contributed by atoms with E-state index in [0.717, 1.165) is 22.8 Å². The predicted molar refractivity (Wildman–Crippen MR) is 105 cm³/mol. The zero-order chi connectivity index (χ0) is 18.7. The van der Waals surface area contributed by atoms with Crippen LogP contribution in [0.5, 0.6) is 5.75 Å². The smallest absolute Gasteiger partial charge is 0.267 e. The molecular weight excluding hydrogens is 370 g/mol. The lowest BCUT2D eigenvalue weighted by Gasteiger charge is -2.10. The van der Waals surface area contributed by atoms with Crippen LogP contribution in [-0.2, 0) is 18.3 Å². The summed E-state index contributed by atoms with van der Waals surface area (Å²) in [6.45, 7) is 4.61. The highest BCUT2D eigenvalue weighted by molar-refractivity contribution is 8.00. The van der Waals surface area contributed by atoms with Gasteiger partial charge in [-0.15, -0.1) is 11.8 Å². The molecular formula is C18H21N3O3S2. The molecule has 26 heavy (non-hydrogen) atoms. The van der Waals surface area contributed by atoms with Crippen LogP contribution in [0.15, 0.2) is 39.1 Å². The number of aromatic nitrogens is 2. The highest BCUT2D eigenvalue weighted by Gasteiger charge is 2.25. The molecule has 0 fully saturated rings. The molecule has 6 nitrogen and oxygen atoms in total. The van der Waals surface area contributed by atoms with Crippen LogP contribution in [0, 0.1) is 0 Å². The second-order valence-electron chi connectivity index (χ2n) is 5.96. The van der Waals surface area contributed by atoms with Crippen LogP contribution in [0.2, 0.25) is 0 Å². The summed E-state index contributed by atoms with van der Waals surface area (Å²) in [5.41, 5.74) is 1.53. The number of hydrogen-bond donors (Lipinski definition) is 1. The molecule has 0 bridgehead atoms. The van der Waals surface area contributed by atoms with Crippen molar-refractivity contribution in [1.29, 1.82) is 0 Å². The van der Waals surface area contributed by atoms with E-state index in [4.69, 9.17) is 4.74 Å². The van der Waals surface area contributed by atoms with Crippen LogP contribution < -0.4 is 15.6 Å². The Balaban J connectivity index is 1.62. The fraction of sp³-hybridized carbons (Fsp3) is 0.389. The van der Waals surface area contributed by atoms with Crippen LogP contribution in [0.25, 0.3) is 0 Å². The fourth-order valence-corrected chi connectivity index (χ4v) is 4.56. The Kier molecular flexibility index (Phi) is 5.93. The van der Waals surface area contributed by atoms with Crippen molar-refractivity contribution < 1.29 is 9.53 Å². The minimum Gasteiger partial charge on any atom is -0.494 e. The Morgan fingerprint density at radius 3 is 2.85 bits per heavy atom. The van der Waals surface area contributed by atoms with Crippen LogP contribution >= 0.6 is 23.5 Å². The molecule has 0 aliphatic carbocycles. The fourth-order valence-electron chi connectivity index (χ4n) is 2.63. The molecule has 1 N–H and O–H groups in total. The van der Waals surface area contributed by atoms with Crippen LogP contribution in [-0.4, -0.2) is 33.1 Å². The van der Waals surface area contributed by atoms with E-state index >= 15 is 0 Å². The summed E-state index contributed by atoms with van der Waals surface area (Å²) in [5, 5.41) is 3.78. The number of carbonyl (C=O) groups excluding carboxylic acids is 1. The zero-order valence-electron chi connectivity index (χ0n) is 14.9. The van der Waals surface area contributed by atoms with Gasteiger partial charge in [-0.25, -0.2) is 4.98 Å². The number of amides is 1. The number of nitrogens with zero attached hydrogens (tertiary/aromatic N) is 2. The number of fused-ring (bicyclic) bond motifs is 1. The van der Waals surface area contributed by atoms with E-state index in [2.05, 4.69) is 17.2 Å². The summed E-state index contributed by atoms with van der Waals surface area (Å²) in [7, 11) is 1.70. The summed E-state index contributed by atoms with van der Waals surface area (Å²) in [6, 6.07) is 7.23. The van der Waals surface area contributed by atoms with Crippen LogP contribution in [0.4, 0.5) is 5.69 Å². The zero-order valence-corrected chi connectivity index (χ0v) is 16.6. The number of anilines is 1. The second kappa shape index (κ2) is 8.18. The van der Waals surface area contributed by atoms with Gasteiger partial charge in [0.05, 0.1) is 22.9 Å². The summed E-state index contributed by atoms with van der Waals surface area (Å²) in [6.07, 6.45) is 0.794. The lowest BCUT2D eigenvalue weighted by atomic mass is 10.2. The first-order chi connectivity index (χ1) is 12.5. The van der Waals surface area contributed by atoms with Gasteiger partial charge in [0.25, 0.3) is 5.56 Å². The highest BCUT2D eigenvalue weighted by Crippen LogP contribution is 2.33. The van der Waals surface area contributed by atoms with Gasteiger partial charge in [-0.2, -0.15) is 0 Å². The maximum Gasteiger partial charge on any atom is 0.267 e. The first-order valence-electron chi connectivity index (χ1n) is 8.40. The number of rotatable bonds is 6. The lowest BCUT2D eigenvalue weighted by Crippen LogP contribution is -2.23. The van der Waals surface area contributed by atoms with E-state index in [1.165, 1.54) is 16.3 Å². The third kappa shape index (κ3) is 4.24. The molecule has 1 aromatic carbocycles. The van der Waals surface area contributed by atoms with Crippen molar-refractivity contribution in [3.05, 3.63) is 40.3 Å². The Bertz CT molecular complexity index is 865. The van der Waals surface area contributed by atoms with Crippen molar-refractivity contribution in [1.82, 2.24) is 9.55 Å². The van der Waals surface area contributed by atoms with Gasteiger partial charge < -0.3 is 10.1 Å². The first-order valence-corrected chi connectivity index (χ1v) is 10.3. The molecule has 1 aromatic heterocycles. The molecule has 1 atom stereocenters. The molecule has 3 rings (SSSR count). The number of hydrogen-bond acceptors (Lipinski definition) is 6. The number of nitrogens with one attached hydrogen (secondary N) is 1. The molecule has 0 unspecified atom stereocenters. The predicted octanol–water partition coefficient (Wildman–Crippen LogP) is 2.95. The van der Waals surface area contributed by atoms with Gasteiger partial charge in [0.1, 0.15) is 5.75 Å². The molecule has 138 valence electrons. The third-order valence-corrected chi connectivity index (χ3v) is 6.10. The molecule has 0 saturated carbocycles. The molecule has 1 amide bonds. The van der Waals surface area contributed by atoms with E-state index < -0.39 is 0 Å². The summed E-state index contributed by atoms with van der Waals surface area (Å²) < 4.78 is 6.91. The Hall–Kier alpha value is -1.93. The molecule has 1 aliphatic heterocycles. The molecule has 8 heteroatoms. The Labute approximate surface area is 160 Å². The minimum atomic E-state index is -0.142. The summed E-state index contributed by atoms with van der Waals surface area (Å²) in [4.78, 5) is 29.9. The number of benzene rings is 1. The van der Waals surface area contributed by atoms with Gasteiger partial charge in [0, 0.05) is 24.4 Å². The van der Waals surface area contributed by atoms with Crippen molar-refractivity contribution in [2.45, 2.75) is 35.6 Å². The largest absolute Gasteiger partial charge is 0.494 e. The van der Waals surface area contributed by atoms with Gasteiger partial charge >= 0.3 is 0 Å². The van der Waals surface area contributed by atoms with Crippen molar-refractivity contribution in [3.8, 4) is 5.75 Å². The van der Waals surface area contributed by atoms with E-state index in [1.54, 1.807) is 30.9 Å². The average molecular weight is 392 g/mol. The molecule has 2 heterocycles. The van der Waals surface area contributed by atoms with Gasteiger partial charge in [-0.05, 0) is 31.2 Å². The standard InChI is InChI=1S/C18H21N3O3S2/c1-4-24-13-7-5-12(6-8-13)19-15(22)10-25-18-20-14-9-11(2)26-16(14)17(23)21(18)3/h5-8,11H,4,9-10H2,1-3H3,(H,19,22)/t11-/m1/s1.